The van der Waals surface area contributed by atoms with E-state index in [-0.39, 0.29) is 0 Å². The molecule has 0 fully saturated rings. The quantitative estimate of drug-likeness (QED) is 0.447. The molecular weight excluding hydrogens is 288 g/mol. The van der Waals surface area contributed by atoms with E-state index in [1.165, 1.54) is 36.8 Å². The zero-order valence-corrected chi connectivity index (χ0v) is 13.0. The molecule has 0 saturated carbocycles. The highest BCUT2D eigenvalue weighted by atomic mass is 79.9. The average Bonchev–Trinajstić information content (AvgIpc) is 2.42. The number of benzene rings is 1. The summed E-state index contributed by atoms with van der Waals surface area (Å²) in [6.07, 6.45) is 7.23. The highest BCUT2D eigenvalue weighted by Gasteiger charge is 1.95. The molecule has 0 aliphatic carbocycles. The SMILES string of the molecule is CCc1ccc(CCOCCCCCCBr)cc1. The van der Waals surface area contributed by atoms with Crippen LogP contribution in [0, 0.1) is 0 Å². The first-order valence-electron chi connectivity index (χ1n) is 7.08. The molecule has 0 amide bonds. The summed E-state index contributed by atoms with van der Waals surface area (Å²) in [7, 11) is 0. The minimum Gasteiger partial charge on any atom is -0.381 e. The Bertz CT molecular complexity index is 294. The molecule has 1 nitrogen and oxygen atoms in total. The van der Waals surface area contributed by atoms with Gasteiger partial charge in [-0.15, -0.1) is 0 Å². The predicted molar refractivity (Wildman–Crippen MR) is 82.6 cm³/mol. The number of hydrogen-bond acceptors (Lipinski definition) is 1. The van der Waals surface area contributed by atoms with Gasteiger partial charge in [0, 0.05) is 11.9 Å². The van der Waals surface area contributed by atoms with E-state index in [9.17, 15) is 0 Å². The van der Waals surface area contributed by atoms with Gasteiger partial charge in [0.05, 0.1) is 6.61 Å². The number of rotatable bonds is 10. The first-order valence-corrected chi connectivity index (χ1v) is 8.20. The highest BCUT2D eigenvalue weighted by molar-refractivity contribution is 9.09. The lowest BCUT2D eigenvalue weighted by Gasteiger charge is -2.05. The zero-order valence-electron chi connectivity index (χ0n) is 11.5. The van der Waals surface area contributed by atoms with Crippen molar-refractivity contribution in [3.63, 3.8) is 0 Å². The molecule has 1 rings (SSSR count). The van der Waals surface area contributed by atoms with E-state index in [1.807, 2.05) is 0 Å². The standard InChI is InChI=1S/C16H25BrO/c1-2-15-7-9-16(10-8-15)11-14-18-13-6-4-3-5-12-17/h7-10H,2-6,11-14H2,1H3. The summed E-state index contributed by atoms with van der Waals surface area (Å²) in [5.74, 6) is 0. The Morgan fingerprint density at radius 3 is 2.22 bits per heavy atom. The summed E-state index contributed by atoms with van der Waals surface area (Å²) in [6, 6.07) is 8.88. The molecule has 0 N–H and O–H groups in total. The lowest BCUT2D eigenvalue weighted by Crippen LogP contribution is -2.00. The van der Waals surface area contributed by atoms with Crippen molar-refractivity contribution in [3.8, 4) is 0 Å². The first-order chi connectivity index (χ1) is 8.86. The summed E-state index contributed by atoms with van der Waals surface area (Å²) in [5, 5.41) is 1.13. The first kappa shape index (κ1) is 15.7. The Morgan fingerprint density at radius 2 is 1.56 bits per heavy atom. The third kappa shape index (κ3) is 7.17. The van der Waals surface area contributed by atoms with Crippen molar-refractivity contribution in [3.05, 3.63) is 35.4 Å². The van der Waals surface area contributed by atoms with E-state index in [0.717, 1.165) is 31.4 Å². The fourth-order valence-electron chi connectivity index (χ4n) is 1.89. The highest BCUT2D eigenvalue weighted by Crippen LogP contribution is 2.06. The lowest BCUT2D eigenvalue weighted by atomic mass is 10.1. The molecule has 0 bridgehead atoms. The van der Waals surface area contributed by atoms with Gasteiger partial charge in [0.2, 0.25) is 0 Å². The number of ether oxygens (including phenoxy) is 1. The van der Waals surface area contributed by atoms with Gasteiger partial charge in [0.1, 0.15) is 0 Å². The maximum atomic E-state index is 5.66. The van der Waals surface area contributed by atoms with Crippen LogP contribution in [0.4, 0.5) is 0 Å². The van der Waals surface area contributed by atoms with E-state index >= 15 is 0 Å². The topological polar surface area (TPSA) is 9.23 Å². The van der Waals surface area contributed by atoms with Crippen LogP contribution in [0.2, 0.25) is 0 Å². The van der Waals surface area contributed by atoms with Gasteiger partial charge in [0.15, 0.2) is 0 Å². The predicted octanol–water partition coefficient (Wildman–Crippen LogP) is 4.76. The van der Waals surface area contributed by atoms with Gasteiger partial charge in [-0.05, 0) is 36.8 Å². The minimum absolute atomic E-state index is 0.851. The second-order valence-electron chi connectivity index (χ2n) is 4.64. The molecule has 0 radical (unpaired) electrons. The molecule has 0 unspecified atom stereocenters. The Kier molecular flexibility index (Phi) is 9.23. The smallest absolute Gasteiger partial charge is 0.0506 e. The van der Waals surface area contributed by atoms with Gasteiger partial charge in [0.25, 0.3) is 0 Å². The van der Waals surface area contributed by atoms with Crippen LogP contribution in [0.1, 0.15) is 43.7 Å². The van der Waals surface area contributed by atoms with Crippen LogP contribution in [-0.4, -0.2) is 18.5 Å². The number of aryl methyl sites for hydroxylation is 1. The monoisotopic (exact) mass is 312 g/mol. The molecule has 0 atom stereocenters. The van der Waals surface area contributed by atoms with Crippen molar-refractivity contribution in [1.29, 1.82) is 0 Å². The zero-order chi connectivity index (χ0) is 13.1. The van der Waals surface area contributed by atoms with Crippen molar-refractivity contribution in [2.24, 2.45) is 0 Å². The summed E-state index contributed by atoms with van der Waals surface area (Å²) in [4.78, 5) is 0. The van der Waals surface area contributed by atoms with Crippen molar-refractivity contribution in [2.45, 2.75) is 45.4 Å². The maximum absolute atomic E-state index is 5.66. The fraction of sp³-hybridized carbons (Fsp3) is 0.625. The van der Waals surface area contributed by atoms with Gasteiger partial charge in [-0.1, -0.05) is 60.0 Å². The molecule has 0 aliphatic heterocycles. The Hall–Kier alpha value is -0.340. The average molecular weight is 313 g/mol. The molecule has 0 saturated heterocycles. The summed E-state index contributed by atoms with van der Waals surface area (Å²) in [5.41, 5.74) is 2.79. The normalized spacial score (nSPS) is 10.8. The van der Waals surface area contributed by atoms with Crippen LogP contribution < -0.4 is 0 Å². The molecule has 0 spiro atoms. The van der Waals surface area contributed by atoms with Crippen LogP contribution >= 0.6 is 15.9 Å². The van der Waals surface area contributed by atoms with E-state index < -0.39 is 0 Å². The number of halogens is 1. The molecule has 2 heteroatoms. The van der Waals surface area contributed by atoms with Crippen LogP contribution in [0.25, 0.3) is 0 Å². The summed E-state index contributed by atoms with van der Waals surface area (Å²) >= 11 is 3.45. The molecule has 0 aliphatic rings. The molecule has 18 heavy (non-hydrogen) atoms. The summed E-state index contributed by atoms with van der Waals surface area (Å²) < 4.78 is 5.66. The Balaban J connectivity index is 2.00. The van der Waals surface area contributed by atoms with Crippen LogP contribution in [0.5, 0.6) is 0 Å². The number of hydrogen-bond donors (Lipinski definition) is 0. The van der Waals surface area contributed by atoms with Gasteiger partial charge in [-0.3, -0.25) is 0 Å². The third-order valence-electron chi connectivity index (χ3n) is 3.14. The molecular formula is C16H25BrO. The maximum Gasteiger partial charge on any atom is 0.0506 e. The van der Waals surface area contributed by atoms with Gasteiger partial charge in [-0.2, -0.15) is 0 Å². The molecule has 1 aromatic carbocycles. The van der Waals surface area contributed by atoms with Gasteiger partial charge < -0.3 is 4.74 Å². The number of unbranched alkanes of at least 4 members (excludes halogenated alkanes) is 3. The van der Waals surface area contributed by atoms with Gasteiger partial charge >= 0.3 is 0 Å². The third-order valence-corrected chi connectivity index (χ3v) is 3.70. The van der Waals surface area contributed by atoms with Crippen molar-refractivity contribution >= 4 is 15.9 Å². The molecule has 0 heterocycles. The van der Waals surface area contributed by atoms with E-state index in [4.69, 9.17) is 4.74 Å². The summed E-state index contributed by atoms with van der Waals surface area (Å²) in [6.45, 7) is 3.95. The minimum atomic E-state index is 0.851. The number of alkyl halides is 1. The van der Waals surface area contributed by atoms with Crippen molar-refractivity contribution in [2.75, 3.05) is 18.5 Å². The van der Waals surface area contributed by atoms with E-state index in [0.29, 0.717) is 0 Å². The largest absolute Gasteiger partial charge is 0.381 e. The van der Waals surface area contributed by atoms with Crippen LogP contribution in [0.15, 0.2) is 24.3 Å². The van der Waals surface area contributed by atoms with Gasteiger partial charge in [-0.25, -0.2) is 0 Å². The second-order valence-corrected chi connectivity index (χ2v) is 5.43. The van der Waals surface area contributed by atoms with E-state index in [2.05, 4.69) is 47.1 Å². The van der Waals surface area contributed by atoms with Crippen LogP contribution in [0.3, 0.4) is 0 Å². The second kappa shape index (κ2) is 10.6. The molecule has 102 valence electrons. The molecule has 1 aromatic rings. The van der Waals surface area contributed by atoms with Crippen molar-refractivity contribution < 1.29 is 4.74 Å². The lowest BCUT2D eigenvalue weighted by molar-refractivity contribution is 0.133. The van der Waals surface area contributed by atoms with E-state index in [1.54, 1.807) is 0 Å². The molecule has 0 aromatic heterocycles. The Morgan fingerprint density at radius 1 is 0.889 bits per heavy atom. The fourth-order valence-corrected chi connectivity index (χ4v) is 2.28. The Labute approximate surface area is 120 Å². The van der Waals surface area contributed by atoms with Crippen LogP contribution in [-0.2, 0) is 17.6 Å². The van der Waals surface area contributed by atoms with Crippen molar-refractivity contribution in [1.82, 2.24) is 0 Å².